The maximum absolute atomic E-state index is 5.96. The highest BCUT2D eigenvalue weighted by atomic mass is 16.7. The predicted molar refractivity (Wildman–Crippen MR) is 101 cm³/mol. The lowest BCUT2D eigenvalue weighted by molar-refractivity contribution is -0.291. The minimum Gasteiger partial charge on any atom is -0.373 e. The van der Waals surface area contributed by atoms with E-state index in [1.807, 2.05) is 0 Å². The minimum absolute atomic E-state index is 0.123. The fourth-order valence-corrected chi connectivity index (χ4v) is 3.23. The molecule has 1 aliphatic rings. The summed E-state index contributed by atoms with van der Waals surface area (Å²) in [6.45, 7) is 8.77. The van der Waals surface area contributed by atoms with Crippen molar-refractivity contribution in [3.63, 3.8) is 0 Å². The topological polar surface area (TPSA) is 27.7 Å². The molecule has 0 saturated carbocycles. The lowest BCUT2D eigenvalue weighted by Gasteiger charge is -2.37. The van der Waals surface area contributed by atoms with Gasteiger partial charge in [0, 0.05) is 13.0 Å². The van der Waals surface area contributed by atoms with Gasteiger partial charge >= 0.3 is 0 Å². The molecular weight excluding hydrogens is 300 g/mol. The fraction of sp³-hybridized carbons (Fsp3) is 1.00. The summed E-state index contributed by atoms with van der Waals surface area (Å²) < 4.78 is 17.7. The van der Waals surface area contributed by atoms with Crippen LogP contribution in [0.3, 0.4) is 0 Å². The molecule has 0 aromatic carbocycles. The van der Waals surface area contributed by atoms with Crippen LogP contribution in [0, 0.1) is 0 Å². The van der Waals surface area contributed by atoms with E-state index in [1.54, 1.807) is 0 Å². The standard InChI is InChI=1S/C21H42O3/c1-4-6-8-9-10-11-12-13-14-16-21(3)23-18-20(19-24-21)22-17-15-7-5-2/h20H,4-19H2,1-3H3. The SMILES string of the molecule is CCCCCCCCCCCC1(C)OCC(OCCCCC)CO1. The molecule has 0 aliphatic carbocycles. The first-order valence-corrected chi connectivity index (χ1v) is 10.6. The maximum Gasteiger partial charge on any atom is 0.165 e. The summed E-state index contributed by atoms with van der Waals surface area (Å²) in [4.78, 5) is 0. The molecule has 0 aromatic rings. The summed E-state index contributed by atoms with van der Waals surface area (Å²) in [7, 11) is 0. The van der Waals surface area contributed by atoms with Gasteiger partial charge in [-0.15, -0.1) is 0 Å². The zero-order valence-corrected chi connectivity index (χ0v) is 16.6. The molecule has 3 heteroatoms. The molecule has 1 heterocycles. The molecule has 144 valence electrons. The average Bonchev–Trinajstić information content (AvgIpc) is 2.59. The van der Waals surface area contributed by atoms with E-state index >= 15 is 0 Å². The van der Waals surface area contributed by atoms with E-state index in [0.29, 0.717) is 13.2 Å². The third-order valence-corrected chi connectivity index (χ3v) is 4.99. The molecular formula is C21H42O3. The van der Waals surface area contributed by atoms with Crippen molar-refractivity contribution in [3.05, 3.63) is 0 Å². The zero-order chi connectivity index (χ0) is 17.5. The molecule has 0 bridgehead atoms. The van der Waals surface area contributed by atoms with Gasteiger partial charge < -0.3 is 14.2 Å². The molecule has 3 nitrogen and oxygen atoms in total. The molecule has 1 aliphatic heterocycles. The van der Waals surface area contributed by atoms with Gasteiger partial charge in [-0.25, -0.2) is 0 Å². The maximum atomic E-state index is 5.96. The monoisotopic (exact) mass is 342 g/mol. The Labute approximate surface area is 150 Å². The van der Waals surface area contributed by atoms with E-state index in [-0.39, 0.29) is 11.9 Å². The van der Waals surface area contributed by atoms with Crippen LogP contribution in [0.2, 0.25) is 0 Å². The van der Waals surface area contributed by atoms with E-state index in [4.69, 9.17) is 14.2 Å². The Kier molecular flexibility index (Phi) is 12.9. The highest BCUT2D eigenvalue weighted by Gasteiger charge is 2.32. The summed E-state index contributed by atoms with van der Waals surface area (Å²) in [6.07, 6.45) is 17.0. The number of ether oxygens (including phenoxy) is 3. The molecule has 0 aromatic heterocycles. The molecule has 1 saturated heterocycles. The van der Waals surface area contributed by atoms with Crippen molar-refractivity contribution in [2.24, 2.45) is 0 Å². The first-order valence-electron chi connectivity index (χ1n) is 10.6. The third kappa shape index (κ3) is 10.7. The second-order valence-corrected chi connectivity index (χ2v) is 7.53. The molecule has 1 rings (SSSR count). The largest absolute Gasteiger partial charge is 0.373 e. The van der Waals surface area contributed by atoms with E-state index in [0.717, 1.165) is 19.4 Å². The van der Waals surface area contributed by atoms with Gasteiger partial charge in [-0.2, -0.15) is 0 Å². The van der Waals surface area contributed by atoms with Crippen molar-refractivity contribution < 1.29 is 14.2 Å². The first kappa shape index (κ1) is 21.9. The van der Waals surface area contributed by atoms with Crippen LogP contribution in [0.25, 0.3) is 0 Å². The predicted octanol–water partition coefficient (Wildman–Crippen LogP) is 6.25. The Morgan fingerprint density at radius 3 is 1.83 bits per heavy atom. The summed E-state index contributed by atoms with van der Waals surface area (Å²) in [5.74, 6) is -0.385. The van der Waals surface area contributed by atoms with Crippen molar-refractivity contribution in [1.82, 2.24) is 0 Å². The second kappa shape index (κ2) is 14.1. The Hall–Kier alpha value is -0.120. The van der Waals surface area contributed by atoms with Gasteiger partial charge in [0.15, 0.2) is 5.79 Å². The summed E-state index contributed by atoms with van der Waals surface area (Å²) >= 11 is 0. The molecule has 0 radical (unpaired) electrons. The van der Waals surface area contributed by atoms with Gasteiger partial charge in [0.1, 0.15) is 6.10 Å². The van der Waals surface area contributed by atoms with Crippen LogP contribution < -0.4 is 0 Å². The van der Waals surface area contributed by atoms with Crippen molar-refractivity contribution >= 4 is 0 Å². The Bertz CT molecular complexity index is 272. The van der Waals surface area contributed by atoms with Crippen LogP contribution in [0.4, 0.5) is 0 Å². The normalized spacial score (nSPS) is 24.4. The van der Waals surface area contributed by atoms with Gasteiger partial charge in [-0.3, -0.25) is 0 Å². The van der Waals surface area contributed by atoms with Crippen LogP contribution >= 0.6 is 0 Å². The number of rotatable bonds is 15. The van der Waals surface area contributed by atoms with Crippen molar-refractivity contribution in [1.29, 1.82) is 0 Å². The van der Waals surface area contributed by atoms with Crippen LogP contribution in [0.15, 0.2) is 0 Å². The summed E-state index contributed by atoms with van der Waals surface area (Å²) in [5, 5.41) is 0. The number of hydrogen-bond acceptors (Lipinski definition) is 3. The Morgan fingerprint density at radius 2 is 1.25 bits per heavy atom. The van der Waals surface area contributed by atoms with Crippen molar-refractivity contribution in [2.75, 3.05) is 19.8 Å². The fourth-order valence-electron chi connectivity index (χ4n) is 3.23. The van der Waals surface area contributed by atoms with Crippen LogP contribution in [-0.2, 0) is 14.2 Å². The Balaban J connectivity index is 1.96. The highest BCUT2D eigenvalue weighted by Crippen LogP contribution is 2.26. The van der Waals surface area contributed by atoms with Gasteiger partial charge in [0.2, 0.25) is 0 Å². The first-order chi connectivity index (χ1) is 11.7. The lowest BCUT2D eigenvalue weighted by atomic mass is 10.0. The Morgan fingerprint density at radius 1 is 0.750 bits per heavy atom. The van der Waals surface area contributed by atoms with Gasteiger partial charge in [-0.05, 0) is 19.8 Å². The molecule has 0 amide bonds. The number of unbranched alkanes of at least 4 members (excludes halogenated alkanes) is 10. The molecule has 1 fully saturated rings. The molecule has 0 unspecified atom stereocenters. The van der Waals surface area contributed by atoms with E-state index in [1.165, 1.54) is 70.6 Å². The van der Waals surface area contributed by atoms with Crippen molar-refractivity contribution in [3.8, 4) is 0 Å². The van der Waals surface area contributed by atoms with Crippen LogP contribution in [0.1, 0.15) is 104 Å². The van der Waals surface area contributed by atoms with Gasteiger partial charge in [0.05, 0.1) is 13.2 Å². The second-order valence-electron chi connectivity index (χ2n) is 7.53. The van der Waals surface area contributed by atoms with E-state index in [2.05, 4.69) is 20.8 Å². The van der Waals surface area contributed by atoms with E-state index < -0.39 is 0 Å². The lowest BCUT2D eigenvalue weighted by Crippen LogP contribution is -2.45. The summed E-state index contributed by atoms with van der Waals surface area (Å²) in [6, 6.07) is 0. The smallest absolute Gasteiger partial charge is 0.165 e. The average molecular weight is 343 g/mol. The minimum atomic E-state index is -0.385. The zero-order valence-electron chi connectivity index (χ0n) is 16.6. The molecule has 0 spiro atoms. The molecule has 0 N–H and O–H groups in total. The van der Waals surface area contributed by atoms with Gasteiger partial charge in [0.25, 0.3) is 0 Å². The number of hydrogen-bond donors (Lipinski definition) is 0. The van der Waals surface area contributed by atoms with Crippen molar-refractivity contribution in [2.45, 2.75) is 116 Å². The van der Waals surface area contributed by atoms with Crippen LogP contribution in [-0.4, -0.2) is 31.7 Å². The van der Waals surface area contributed by atoms with Gasteiger partial charge in [-0.1, -0.05) is 78.1 Å². The molecule has 0 atom stereocenters. The quantitative estimate of drug-likeness (QED) is 0.329. The molecule has 24 heavy (non-hydrogen) atoms. The summed E-state index contributed by atoms with van der Waals surface area (Å²) in [5.41, 5.74) is 0. The van der Waals surface area contributed by atoms with Crippen LogP contribution in [0.5, 0.6) is 0 Å². The van der Waals surface area contributed by atoms with E-state index in [9.17, 15) is 0 Å². The highest BCUT2D eigenvalue weighted by molar-refractivity contribution is 4.72. The third-order valence-electron chi connectivity index (χ3n) is 4.99.